The summed E-state index contributed by atoms with van der Waals surface area (Å²) < 4.78 is 0. The van der Waals surface area contributed by atoms with Gasteiger partial charge in [0.2, 0.25) is 5.91 Å². The molecule has 2 aliphatic heterocycles. The first-order valence-electron chi connectivity index (χ1n) is 10.8. The summed E-state index contributed by atoms with van der Waals surface area (Å²) in [5, 5.41) is 3.76. The predicted octanol–water partition coefficient (Wildman–Crippen LogP) is 5.22. The van der Waals surface area contributed by atoms with Crippen molar-refractivity contribution in [1.29, 1.82) is 0 Å². The van der Waals surface area contributed by atoms with Gasteiger partial charge in [-0.1, -0.05) is 71.9 Å². The number of halogens is 1. The molecule has 0 saturated heterocycles. The fourth-order valence-corrected chi connectivity index (χ4v) is 4.99. The zero-order valence-corrected chi connectivity index (χ0v) is 19.9. The second kappa shape index (κ2) is 9.44. The topological polar surface area (TPSA) is 74.1 Å². The fraction of sp³-hybridized carbons (Fsp3) is 0.154. The number of thioether (sulfide) groups is 1. The quantitative estimate of drug-likeness (QED) is 0.535. The van der Waals surface area contributed by atoms with Crippen LogP contribution in [0.25, 0.3) is 0 Å². The number of aliphatic imine (C=N–C) groups is 2. The molecule has 2 aliphatic rings. The average molecular weight is 489 g/mol. The summed E-state index contributed by atoms with van der Waals surface area (Å²) in [4.78, 5) is 37.0. The third kappa shape index (κ3) is 4.49. The Bertz CT molecular complexity index is 1340. The van der Waals surface area contributed by atoms with Gasteiger partial charge in [-0.25, -0.2) is 9.89 Å². The minimum Gasteiger partial charge on any atom is -0.324 e. The number of fused-ring (bicyclic) bond motifs is 3. The first-order chi connectivity index (χ1) is 16.5. The molecule has 0 saturated carbocycles. The highest BCUT2D eigenvalue weighted by Gasteiger charge is 2.41. The van der Waals surface area contributed by atoms with E-state index in [0.717, 1.165) is 22.4 Å². The molecule has 170 valence electrons. The zero-order valence-electron chi connectivity index (χ0n) is 18.4. The molecule has 2 amide bonds. The number of amidine groups is 2. The van der Waals surface area contributed by atoms with E-state index < -0.39 is 6.04 Å². The van der Waals surface area contributed by atoms with Gasteiger partial charge in [0.1, 0.15) is 11.9 Å². The summed E-state index contributed by atoms with van der Waals surface area (Å²) in [6.45, 7) is 1.93. The van der Waals surface area contributed by atoms with E-state index in [1.54, 1.807) is 17.0 Å². The highest BCUT2D eigenvalue weighted by molar-refractivity contribution is 8.14. The number of rotatable bonds is 5. The number of benzene rings is 3. The van der Waals surface area contributed by atoms with Crippen molar-refractivity contribution in [3.63, 3.8) is 0 Å². The number of carbonyl (C=O) groups excluding carboxylic acids is 2. The predicted molar refractivity (Wildman–Crippen MR) is 138 cm³/mol. The number of nitrogens with one attached hydrogen (secondary N) is 1. The summed E-state index contributed by atoms with van der Waals surface area (Å²) in [6.07, 6.45) is 0.506. The molecule has 1 N–H and O–H groups in total. The molecule has 0 aliphatic carbocycles. The van der Waals surface area contributed by atoms with Gasteiger partial charge in [-0.05, 0) is 42.3 Å². The van der Waals surface area contributed by atoms with Crippen molar-refractivity contribution >= 4 is 57.6 Å². The average Bonchev–Trinajstić information content (AvgIpc) is 3.16. The van der Waals surface area contributed by atoms with E-state index >= 15 is 0 Å². The SMILES string of the molecule is Cc1ccc(NC(=O)CSC2=Nc3ccccc3C3=NC(Cc4ccccc4)C(=O)N23)c(Cl)c1. The van der Waals surface area contributed by atoms with Crippen molar-refractivity contribution in [1.82, 2.24) is 4.90 Å². The molecule has 0 fully saturated rings. The van der Waals surface area contributed by atoms with Crippen LogP contribution in [-0.2, 0) is 16.0 Å². The van der Waals surface area contributed by atoms with Crippen molar-refractivity contribution < 1.29 is 9.59 Å². The molecular weight excluding hydrogens is 468 g/mol. The van der Waals surface area contributed by atoms with Crippen LogP contribution in [0.2, 0.25) is 5.02 Å². The van der Waals surface area contributed by atoms with Crippen molar-refractivity contribution in [2.75, 3.05) is 11.1 Å². The molecule has 3 aromatic rings. The van der Waals surface area contributed by atoms with Crippen molar-refractivity contribution in [3.05, 3.63) is 94.5 Å². The first-order valence-corrected chi connectivity index (χ1v) is 12.2. The Labute approximate surface area is 206 Å². The van der Waals surface area contributed by atoms with Crippen molar-refractivity contribution in [2.45, 2.75) is 19.4 Å². The maximum absolute atomic E-state index is 13.4. The lowest BCUT2D eigenvalue weighted by Gasteiger charge is -2.25. The van der Waals surface area contributed by atoms with Crippen molar-refractivity contribution in [2.24, 2.45) is 9.98 Å². The maximum Gasteiger partial charge on any atom is 0.259 e. The second-order valence-corrected chi connectivity index (χ2v) is 9.41. The molecule has 6 nitrogen and oxygen atoms in total. The summed E-state index contributed by atoms with van der Waals surface area (Å²) in [5.41, 5.74) is 4.15. The monoisotopic (exact) mass is 488 g/mol. The van der Waals surface area contributed by atoms with Crippen LogP contribution in [0, 0.1) is 6.92 Å². The molecule has 1 unspecified atom stereocenters. The Hall–Kier alpha value is -3.42. The molecule has 1 atom stereocenters. The molecule has 34 heavy (non-hydrogen) atoms. The number of anilines is 1. The molecular formula is C26H21ClN4O2S. The normalized spacial score (nSPS) is 16.5. The number of aryl methyl sites for hydroxylation is 1. The van der Waals surface area contributed by atoms with E-state index in [0.29, 0.717) is 28.1 Å². The van der Waals surface area contributed by atoms with Gasteiger partial charge < -0.3 is 5.32 Å². The molecule has 5 rings (SSSR count). The third-order valence-corrected chi connectivity index (χ3v) is 6.80. The Morgan fingerprint density at radius 3 is 2.65 bits per heavy atom. The number of amides is 2. The van der Waals surface area contributed by atoms with E-state index in [9.17, 15) is 9.59 Å². The highest BCUT2D eigenvalue weighted by atomic mass is 35.5. The van der Waals surface area contributed by atoms with Gasteiger partial charge in [-0.2, -0.15) is 0 Å². The number of hydrogen-bond donors (Lipinski definition) is 1. The molecule has 0 radical (unpaired) electrons. The van der Waals surface area contributed by atoms with Crippen LogP contribution in [0.3, 0.4) is 0 Å². The van der Waals surface area contributed by atoms with Gasteiger partial charge in [-0.3, -0.25) is 14.6 Å². The summed E-state index contributed by atoms with van der Waals surface area (Å²) >= 11 is 7.44. The van der Waals surface area contributed by atoms with E-state index in [-0.39, 0.29) is 17.6 Å². The van der Waals surface area contributed by atoms with E-state index in [1.807, 2.05) is 67.6 Å². The van der Waals surface area contributed by atoms with E-state index in [4.69, 9.17) is 16.6 Å². The molecule has 2 heterocycles. The minimum atomic E-state index is -0.533. The van der Waals surface area contributed by atoms with Crippen LogP contribution < -0.4 is 5.32 Å². The lowest BCUT2D eigenvalue weighted by molar-refractivity contribution is -0.124. The van der Waals surface area contributed by atoms with Gasteiger partial charge in [-0.15, -0.1) is 0 Å². The molecule has 8 heteroatoms. The largest absolute Gasteiger partial charge is 0.324 e. The third-order valence-electron chi connectivity index (χ3n) is 5.55. The lowest BCUT2D eigenvalue weighted by atomic mass is 10.1. The fourth-order valence-electron chi connectivity index (χ4n) is 3.91. The molecule has 0 spiro atoms. The number of nitrogens with zero attached hydrogens (tertiary/aromatic N) is 3. The van der Waals surface area contributed by atoms with Crippen LogP contribution in [0.1, 0.15) is 16.7 Å². The Morgan fingerprint density at radius 2 is 1.85 bits per heavy atom. The zero-order chi connectivity index (χ0) is 23.7. The number of hydrogen-bond acceptors (Lipinski definition) is 5. The molecule has 0 aromatic heterocycles. The second-order valence-electron chi connectivity index (χ2n) is 8.06. The van der Waals surface area contributed by atoms with E-state index in [1.165, 1.54) is 11.8 Å². The van der Waals surface area contributed by atoms with Crippen molar-refractivity contribution in [3.8, 4) is 0 Å². The lowest BCUT2D eigenvalue weighted by Crippen LogP contribution is -2.41. The number of carbonyl (C=O) groups is 2. The first kappa shape index (κ1) is 22.4. The summed E-state index contributed by atoms with van der Waals surface area (Å²) in [7, 11) is 0. The van der Waals surface area contributed by atoms with Gasteiger partial charge in [0, 0.05) is 12.0 Å². The highest BCUT2D eigenvalue weighted by Crippen LogP contribution is 2.34. The van der Waals surface area contributed by atoms with Gasteiger partial charge in [0.15, 0.2) is 5.17 Å². The molecule has 0 bridgehead atoms. The Balaban J connectivity index is 1.36. The number of para-hydroxylation sites is 1. The Morgan fingerprint density at radius 1 is 1.09 bits per heavy atom. The van der Waals surface area contributed by atoms with Crippen LogP contribution >= 0.6 is 23.4 Å². The maximum atomic E-state index is 13.4. The standard InChI is InChI=1S/C26H21ClN4O2S/c1-16-11-12-21(19(27)13-16)28-23(32)15-34-26-30-20-10-6-5-9-18(20)24-29-22(25(33)31(24)26)14-17-7-3-2-4-8-17/h2-13,22H,14-15H2,1H3,(H,28,32). The molecule has 3 aromatic carbocycles. The van der Waals surface area contributed by atoms with Gasteiger partial charge >= 0.3 is 0 Å². The summed E-state index contributed by atoms with van der Waals surface area (Å²) in [5.74, 6) is 0.289. The van der Waals surface area contributed by atoms with Crippen LogP contribution in [-0.4, -0.2) is 39.5 Å². The van der Waals surface area contributed by atoms with Crippen LogP contribution in [0.15, 0.2) is 82.8 Å². The Kier molecular flexibility index (Phi) is 6.22. The smallest absolute Gasteiger partial charge is 0.259 e. The summed E-state index contributed by atoms with van der Waals surface area (Å²) in [6, 6.07) is 22.3. The van der Waals surface area contributed by atoms with Crippen LogP contribution in [0.4, 0.5) is 11.4 Å². The van der Waals surface area contributed by atoms with Gasteiger partial charge in [0.25, 0.3) is 5.91 Å². The van der Waals surface area contributed by atoms with Crippen LogP contribution in [0.5, 0.6) is 0 Å². The van der Waals surface area contributed by atoms with E-state index in [2.05, 4.69) is 10.3 Å². The minimum absolute atomic E-state index is 0.0750. The van der Waals surface area contributed by atoms with Gasteiger partial charge in [0.05, 0.1) is 22.2 Å².